The van der Waals surface area contributed by atoms with Gasteiger partial charge in [0.1, 0.15) is 0 Å². The number of imidazole rings is 1. The summed E-state index contributed by atoms with van der Waals surface area (Å²) in [6, 6.07) is 14.5. The highest BCUT2D eigenvalue weighted by molar-refractivity contribution is 5.97. The molecule has 0 unspecified atom stereocenters. The van der Waals surface area contributed by atoms with E-state index in [1.165, 1.54) is 6.92 Å². The van der Waals surface area contributed by atoms with Gasteiger partial charge in [0.05, 0.1) is 11.0 Å². The third-order valence-corrected chi connectivity index (χ3v) is 4.49. The predicted molar refractivity (Wildman–Crippen MR) is 106 cm³/mol. The van der Waals surface area contributed by atoms with Crippen LogP contribution in [0.2, 0.25) is 0 Å². The maximum Gasteiger partial charge on any atom is 0.329 e. The van der Waals surface area contributed by atoms with Crippen LogP contribution in [0.5, 0.6) is 0 Å². The minimum atomic E-state index is -0.199. The molecule has 27 heavy (non-hydrogen) atoms. The van der Waals surface area contributed by atoms with Crippen LogP contribution in [0.25, 0.3) is 11.0 Å². The summed E-state index contributed by atoms with van der Waals surface area (Å²) in [6.07, 6.45) is 1.03. The minimum absolute atomic E-state index is 0.0543. The first-order valence-corrected chi connectivity index (χ1v) is 9.10. The summed E-state index contributed by atoms with van der Waals surface area (Å²) < 4.78 is 3.40. The average molecular weight is 365 g/mol. The number of hydrogen-bond acceptors (Lipinski definition) is 3. The van der Waals surface area contributed by atoms with E-state index in [2.05, 4.69) is 5.32 Å². The summed E-state index contributed by atoms with van der Waals surface area (Å²) in [4.78, 5) is 36.5. The molecular formula is C21H23N3O3. The SMILES string of the molecule is CCCn1c(=O)n(CCC(=O)Nc2cccc(C(C)=O)c2)c2ccccc21. The van der Waals surface area contributed by atoms with Crippen LogP contribution in [0.15, 0.2) is 53.3 Å². The van der Waals surface area contributed by atoms with E-state index in [0.717, 1.165) is 17.5 Å². The topological polar surface area (TPSA) is 73.1 Å². The molecule has 1 aromatic heterocycles. The molecule has 0 radical (unpaired) electrons. The molecule has 1 amide bonds. The second-order valence-electron chi connectivity index (χ2n) is 6.51. The van der Waals surface area contributed by atoms with Crippen LogP contribution in [-0.2, 0) is 17.9 Å². The first-order valence-electron chi connectivity index (χ1n) is 9.10. The predicted octanol–water partition coefficient (Wildman–Crippen LogP) is 3.44. The third kappa shape index (κ3) is 4.00. The normalized spacial score (nSPS) is 10.9. The van der Waals surface area contributed by atoms with Crippen molar-refractivity contribution in [1.82, 2.24) is 9.13 Å². The van der Waals surface area contributed by atoms with Crippen LogP contribution in [0.4, 0.5) is 5.69 Å². The van der Waals surface area contributed by atoms with Crippen LogP contribution in [0, 0.1) is 0 Å². The molecule has 3 aromatic rings. The molecule has 140 valence electrons. The summed E-state index contributed by atoms with van der Waals surface area (Å²) in [6.45, 7) is 4.46. The Morgan fingerprint density at radius 3 is 2.26 bits per heavy atom. The van der Waals surface area contributed by atoms with Gasteiger partial charge in [-0.25, -0.2) is 4.79 Å². The number of aryl methyl sites for hydroxylation is 2. The number of carbonyl (C=O) groups excluding carboxylic acids is 2. The zero-order valence-electron chi connectivity index (χ0n) is 15.6. The van der Waals surface area contributed by atoms with Crippen molar-refractivity contribution in [2.24, 2.45) is 0 Å². The third-order valence-electron chi connectivity index (χ3n) is 4.49. The van der Waals surface area contributed by atoms with Crippen molar-refractivity contribution in [3.63, 3.8) is 0 Å². The number of carbonyl (C=O) groups is 2. The number of amides is 1. The molecule has 0 saturated heterocycles. The molecule has 1 N–H and O–H groups in total. The molecule has 0 bridgehead atoms. The Balaban J connectivity index is 1.76. The highest BCUT2D eigenvalue weighted by atomic mass is 16.2. The number of anilines is 1. The molecule has 0 spiro atoms. The van der Waals surface area contributed by atoms with Crippen molar-refractivity contribution in [3.8, 4) is 0 Å². The van der Waals surface area contributed by atoms with Gasteiger partial charge in [0.2, 0.25) is 5.91 Å². The number of para-hydroxylation sites is 2. The molecular weight excluding hydrogens is 342 g/mol. The van der Waals surface area contributed by atoms with Gasteiger partial charge in [0.15, 0.2) is 5.78 Å². The molecule has 6 nitrogen and oxygen atoms in total. The average Bonchev–Trinajstić information content (AvgIpc) is 2.92. The van der Waals surface area contributed by atoms with Gasteiger partial charge in [-0.2, -0.15) is 0 Å². The number of ketones is 1. The Morgan fingerprint density at radius 2 is 1.63 bits per heavy atom. The number of Topliss-reactive ketones (excluding diaryl/α,β-unsaturated/α-hetero) is 1. The number of hydrogen-bond donors (Lipinski definition) is 1. The van der Waals surface area contributed by atoms with E-state index >= 15 is 0 Å². The lowest BCUT2D eigenvalue weighted by molar-refractivity contribution is -0.116. The van der Waals surface area contributed by atoms with Gasteiger partial charge < -0.3 is 5.32 Å². The minimum Gasteiger partial charge on any atom is -0.326 e. The number of fused-ring (bicyclic) bond motifs is 1. The van der Waals surface area contributed by atoms with Gasteiger partial charge >= 0.3 is 5.69 Å². The summed E-state index contributed by atoms with van der Waals surface area (Å²) in [7, 11) is 0. The second-order valence-corrected chi connectivity index (χ2v) is 6.51. The van der Waals surface area contributed by atoms with Gasteiger partial charge in [-0.1, -0.05) is 31.2 Å². The van der Waals surface area contributed by atoms with Crippen molar-refractivity contribution < 1.29 is 9.59 Å². The van der Waals surface area contributed by atoms with Gasteiger partial charge in [0, 0.05) is 30.8 Å². The van der Waals surface area contributed by atoms with E-state index in [9.17, 15) is 14.4 Å². The maximum absolute atomic E-state index is 12.7. The van der Waals surface area contributed by atoms with Gasteiger partial charge in [-0.05, 0) is 37.6 Å². The molecule has 0 aliphatic rings. The number of benzene rings is 2. The molecule has 0 aliphatic carbocycles. The zero-order chi connectivity index (χ0) is 19.4. The Hall–Kier alpha value is -3.15. The van der Waals surface area contributed by atoms with Crippen molar-refractivity contribution in [2.45, 2.75) is 39.8 Å². The van der Waals surface area contributed by atoms with Crippen molar-refractivity contribution >= 4 is 28.4 Å². The van der Waals surface area contributed by atoms with E-state index < -0.39 is 0 Å². The van der Waals surface area contributed by atoms with E-state index in [-0.39, 0.29) is 23.8 Å². The monoisotopic (exact) mass is 365 g/mol. The highest BCUT2D eigenvalue weighted by Crippen LogP contribution is 2.15. The Kier molecular flexibility index (Phi) is 5.54. The van der Waals surface area contributed by atoms with Crippen molar-refractivity contribution in [1.29, 1.82) is 0 Å². The number of rotatable bonds is 7. The molecule has 6 heteroatoms. The molecule has 0 aliphatic heterocycles. The number of nitrogens with zero attached hydrogens (tertiary/aromatic N) is 2. The van der Waals surface area contributed by atoms with Crippen LogP contribution in [-0.4, -0.2) is 20.8 Å². The molecule has 1 heterocycles. The molecule has 0 fully saturated rings. The first kappa shape index (κ1) is 18.6. The Labute approximate surface area is 157 Å². The fourth-order valence-electron chi connectivity index (χ4n) is 3.18. The van der Waals surface area contributed by atoms with E-state index in [0.29, 0.717) is 24.3 Å². The largest absolute Gasteiger partial charge is 0.329 e. The van der Waals surface area contributed by atoms with Crippen LogP contribution < -0.4 is 11.0 Å². The van der Waals surface area contributed by atoms with Crippen molar-refractivity contribution in [2.75, 3.05) is 5.32 Å². The summed E-state index contributed by atoms with van der Waals surface area (Å²) in [5.41, 5.74) is 2.76. The molecule has 0 atom stereocenters. The summed E-state index contributed by atoms with van der Waals surface area (Å²) in [5.74, 6) is -0.253. The van der Waals surface area contributed by atoms with Crippen LogP contribution >= 0.6 is 0 Å². The summed E-state index contributed by atoms with van der Waals surface area (Å²) >= 11 is 0. The fraction of sp³-hybridized carbons (Fsp3) is 0.286. The standard InChI is InChI=1S/C21H23N3O3/c1-3-12-23-18-9-4-5-10-19(18)24(21(23)27)13-11-20(26)22-17-8-6-7-16(14-17)15(2)25/h4-10,14H,3,11-13H2,1-2H3,(H,22,26). The quantitative estimate of drug-likeness (QED) is 0.652. The highest BCUT2D eigenvalue weighted by Gasteiger charge is 2.13. The molecule has 3 rings (SSSR count). The second kappa shape index (κ2) is 8.03. The van der Waals surface area contributed by atoms with Crippen LogP contribution in [0.3, 0.4) is 0 Å². The van der Waals surface area contributed by atoms with E-state index in [1.807, 2.05) is 31.2 Å². The lowest BCUT2D eigenvalue weighted by Crippen LogP contribution is -2.26. The van der Waals surface area contributed by atoms with Gasteiger partial charge in [0.25, 0.3) is 0 Å². The lowest BCUT2D eigenvalue weighted by Gasteiger charge is -2.07. The lowest BCUT2D eigenvalue weighted by atomic mass is 10.1. The van der Waals surface area contributed by atoms with Gasteiger partial charge in [-0.3, -0.25) is 18.7 Å². The van der Waals surface area contributed by atoms with Crippen molar-refractivity contribution in [3.05, 3.63) is 64.6 Å². The molecule has 2 aromatic carbocycles. The number of aromatic nitrogens is 2. The molecule has 0 saturated carbocycles. The first-order chi connectivity index (χ1) is 13.0. The van der Waals surface area contributed by atoms with Crippen LogP contribution in [0.1, 0.15) is 37.0 Å². The Morgan fingerprint density at radius 1 is 0.963 bits per heavy atom. The zero-order valence-corrected chi connectivity index (χ0v) is 15.6. The summed E-state index contributed by atoms with van der Waals surface area (Å²) in [5, 5.41) is 2.79. The van der Waals surface area contributed by atoms with E-state index in [1.54, 1.807) is 33.4 Å². The smallest absolute Gasteiger partial charge is 0.326 e. The fourth-order valence-corrected chi connectivity index (χ4v) is 3.18. The maximum atomic E-state index is 12.7. The Bertz CT molecular complexity index is 1050. The number of nitrogens with one attached hydrogen (secondary N) is 1. The van der Waals surface area contributed by atoms with E-state index in [4.69, 9.17) is 0 Å². The van der Waals surface area contributed by atoms with Gasteiger partial charge in [-0.15, -0.1) is 0 Å².